The molecule has 0 heterocycles. The molecule has 0 bridgehead atoms. The van der Waals surface area contributed by atoms with Gasteiger partial charge in [-0.25, -0.2) is 14.4 Å². The van der Waals surface area contributed by atoms with Gasteiger partial charge in [-0.1, -0.05) is 31.2 Å². The number of ether oxygens (including phenoxy) is 6. The van der Waals surface area contributed by atoms with Crippen molar-refractivity contribution in [1.82, 2.24) is 0 Å². The zero-order valence-corrected chi connectivity index (χ0v) is 34.2. The summed E-state index contributed by atoms with van der Waals surface area (Å²) in [6, 6.07) is 38.5. The number of unbranched alkanes of at least 4 members (excludes halogenated alkanes) is 1. The predicted octanol–water partition coefficient (Wildman–Crippen LogP) is 11.3. The van der Waals surface area contributed by atoms with Gasteiger partial charge in [-0.3, -0.25) is 4.79 Å². The highest BCUT2D eigenvalue weighted by Gasteiger charge is 2.16. The highest BCUT2D eigenvalue weighted by molar-refractivity contribution is 5.94. The van der Waals surface area contributed by atoms with Crippen LogP contribution in [0.1, 0.15) is 96.3 Å². The van der Waals surface area contributed by atoms with Crippen molar-refractivity contribution >= 4 is 23.7 Å². The number of benzene rings is 6. The zero-order valence-electron chi connectivity index (χ0n) is 34.2. The van der Waals surface area contributed by atoms with E-state index in [1.54, 1.807) is 104 Å². The molecule has 0 N–H and O–H groups in total. The van der Waals surface area contributed by atoms with Crippen LogP contribution in [0, 0.1) is 13.8 Å². The summed E-state index contributed by atoms with van der Waals surface area (Å²) in [4.78, 5) is 49.5. The van der Waals surface area contributed by atoms with Crippen LogP contribution in [0.2, 0.25) is 0 Å². The van der Waals surface area contributed by atoms with Crippen LogP contribution in [-0.2, 0) is 9.47 Å². The lowest BCUT2D eigenvalue weighted by Crippen LogP contribution is -2.09. The molecule has 10 nitrogen and oxygen atoms in total. The van der Waals surface area contributed by atoms with Crippen molar-refractivity contribution in [2.24, 2.45) is 0 Å². The van der Waals surface area contributed by atoms with E-state index < -0.39 is 17.9 Å². The molecule has 0 aliphatic carbocycles. The lowest BCUT2D eigenvalue weighted by atomic mass is 9.91. The fourth-order valence-corrected chi connectivity index (χ4v) is 6.29. The molecule has 0 amide bonds. The van der Waals surface area contributed by atoms with Crippen molar-refractivity contribution in [3.8, 4) is 34.5 Å². The van der Waals surface area contributed by atoms with Gasteiger partial charge in [-0.15, -0.1) is 0 Å². The van der Waals surface area contributed by atoms with Gasteiger partial charge >= 0.3 is 17.9 Å². The molecule has 0 radical (unpaired) electrons. The van der Waals surface area contributed by atoms with Crippen LogP contribution >= 0.6 is 0 Å². The number of hydrogen-bond acceptors (Lipinski definition) is 10. The third-order valence-electron chi connectivity index (χ3n) is 9.83. The molecule has 0 aliphatic rings. The van der Waals surface area contributed by atoms with E-state index in [-0.39, 0.29) is 24.9 Å². The Balaban J connectivity index is 0.889. The zero-order chi connectivity index (χ0) is 42.6. The molecular formula is C50H46O10. The molecule has 10 heteroatoms. The van der Waals surface area contributed by atoms with E-state index in [1.165, 1.54) is 12.5 Å². The summed E-state index contributed by atoms with van der Waals surface area (Å²) in [6.07, 6.45) is 1.02. The second-order valence-corrected chi connectivity index (χ2v) is 14.2. The average molecular weight is 807 g/mol. The predicted molar refractivity (Wildman–Crippen MR) is 227 cm³/mol. The molecule has 0 aliphatic heterocycles. The molecule has 0 spiro atoms. The number of carbonyl (C=O) groups is 4. The minimum atomic E-state index is -0.482. The number of hydrogen-bond donors (Lipinski definition) is 0. The molecular weight excluding hydrogens is 761 g/mol. The van der Waals surface area contributed by atoms with Gasteiger partial charge in [0.15, 0.2) is 5.78 Å². The lowest BCUT2D eigenvalue weighted by Gasteiger charge is -2.16. The minimum Gasteiger partial charge on any atom is -0.496 e. The van der Waals surface area contributed by atoms with E-state index in [0.29, 0.717) is 63.8 Å². The Hall–Kier alpha value is -7.20. The van der Waals surface area contributed by atoms with Crippen LogP contribution in [-0.4, -0.2) is 44.0 Å². The topological polar surface area (TPSA) is 124 Å². The smallest absolute Gasteiger partial charge is 0.343 e. The van der Waals surface area contributed by atoms with Gasteiger partial charge in [0.05, 0.1) is 37.0 Å². The molecule has 6 aromatic rings. The molecule has 6 rings (SSSR count). The van der Waals surface area contributed by atoms with Gasteiger partial charge < -0.3 is 28.4 Å². The maximum Gasteiger partial charge on any atom is 0.343 e. The largest absolute Gasteiger partial charge is 0.496 e. The monoisotopic (exact) mass is 806 g/mol. The molecule has 0 saturated heterocycles. The van der Waals surface area contributed by atoms with Gasteiger partial charge in [0.1, 0.15) is 34.5 Å². The Morgan fingerprint density at radius 1 is 0.483 bits per heavy atom. The molecule has 0 fully saturated rings. The normalized spacial score (nSPS) is 11.2. The Kier molecular flexibility index (Phi) is 14.1. The molecule has 306 valence electrons. The van der Waals surface area contributed by atoms with Crippen LogP contribution in [0.5, 0.6) is 34.5 Å². The highest BCUT2D eigenvalue weighted by atomic mass is 16.5. The summed E-state index contributed by atoms with van der Waals surface area (Å²) < 4.78 is 33.6. The third kappa shape index (κ3) is 11.3. The third-order valence-corrected chi connectivity index (χ3v) is 9.83. The molecule has 1 atom stereocenters. The second-order valence-electron chi connectivity index (χ2n) is 14.2. The van der Waals surface area contributed by atoms with Crippen LogP contribution in [0.15, 0.2) is 133 Å². The van der Waals surface area contributed by atoms with Crippen molar-refractivity contribution in [3.05, 3.63) is 178 Å². The Morgan fingerprint density at radius 3 is 1.22 bits per heavy atom. The Labute approximate surface area is 349 Å². The van der Waals surface area contributed by atoms with E-state index in [9.17, 15) is 19.2 Å². The lowest BCUT2D eigenvalue weighted by molar-refractivity contribution is 0.0432. The number of aryl methyl sites for hydroxylation is 2. The molecule has 60 heavy (non-hydrogen) atoms. The van der Waals surface area contributed by atoms with Crippen LogP contribution < -0.4 is 18.9 Å². The first kappa shape index (κ1) is 42.4. The maximum absolute atomic E-state index is 13.0. The van der Waals surface area contributed by atoms with Crippen LogP contribution in [0.4, 0.5) is 0 Å². The summed E-state index contributed by atoms with van der Waals surface area (Å²) in [5, 5.41) is 0. The fraction of sp³-hybridized carbons (Fsp3) is 0.200. The van der Waals surface area contributed by atoms with Crippen LogP contribution in [0.25, 0.3) is 0 Å². The van der Waals surface area contributed by atoms with Crippen molar-refractivity contribution in [2.75, 3.05) is 20.3 Å². The summed E-state index contributed by atoms with van der Waals surface area (Å²) >= 11 is 0. The SMILES string of the molecule is COc1ccc(C(C)c2ccc(OC(=O)c3ccc(Oc4ccc(C(=O)OCCCCOC(=O)c5ccc(Oc6ccc(C(C)=O)cc6)cc5)cc4)cc3)c(C)c2)cc1C. The summed E-state index contributed by atoms with van der Waals surface area (Å²) in [5.74, 6) is 2.15. The number of carbonyl (C=O) groups excluding carboxylic acids is 4. The Morgan fingerprint density at radius 2 is 0.850 bits per heavy atom. The van der Waals surface area contributed by atoms with Gasteiger partial charge in [-0.2, -0.15) is 0 Å². The standard InChI is InChI=1S/C50H46O10/c1-32-30-40(16-26-46(32)55-5)34(3)41-17-27-47(33(2)31-41)60-50(54)39-14-24-45(25-15-39)59-44-22-12-38(13-23-44)49(53)57-29-7-6-28-56-48(52)37-10-20-43(21-11-37)58-42-18-8-36(9-19-42)35(4)51/h8-27,30-31,34H,6-7,28-29H2,1-5H3. The van der Waals surface area contributed by atoms with Crippen molar-refractivity contribution in [1.29, 1.82) is 0 Å². The highest BCUT2D eigenvalue weighted by Crippen LogP contribution is 2.32. The van der Waals surface area contributed by atoms with E-state index in [4.69, 9.17) is 28.4 Å². The maximum atomic E-state index is 13.0. The Bertz CT molecular complexity index is 2440. The van der Waals surface area contributed by atoms with E-state index in [0.717, 1.165) is 22.4 Å². The summed E-state index contributed by atoms with van der Waals surface area (Å²) in [6.45, 7) is 7.93. The molecule has 1 unspecified atom stereocenters. The van der Waals surface area contributed by atoms with Gasteiger partial charge in [-0.05, 0) is 165 Å². The number of methoxy groups -OCH3 is 1. The first-order chi connectivity index (χ1) is 29.0. The molecule has 0 aromatic heterocycles. The molecule has 6 aromatic carbocycles. The van der Waals surface area contributed by atoms with Crippen molar-refractivity contribution < 1.29 is 47.6 Å². The van der Waals surface area contributed by atoms with Crippen molar-refractivity contribution in [3.63, 3.8) is 0 Å². The summed E-state index contributed by atoms with van der Waals surface area (Å²) in [7, 11) is 1.67. The first-order valence-electron chi connectivity index (χ1n) is 19.6. The van der Waals surface area contributed by atoms with Crippen LogP contribution in [0.3, 0.4) is 0 Å². The minimum absolute atomic E-state index is 0.0239. The fourth-order valence-electron chi connectivity index (χ4n) is 6.29. The van der Waals surface area contributed by atoms with E-state index >= 15 is 0 Å². The average Bonchev–Trinajstić information content (AvgIpc) is 3.26. The second kappa shape index (κ2) is 20.0. The number of ketones is 1. The van der Waals surface area contributed by atoms with Crippen molar-refractivity contribution in [2.45, 2.75) is 46.5 Å². The number of Topliss-reactive ketones (excluding diaryl/α,β-unsaturated/α-hetero) is 1. The quantitative estimate of drug-likeness (QED) is 0.0381. The number of rotatable bonds is 17. The first-order valence-corrected chi connectivity index (χ1v) is 19.6. The summed E-state index contributed by atoms with van der Waals surface area (Å²) in [5.41, 5.74) is 5.92. The van der Waals surface area contributed by atoms with Gasteiger partial charge in [0, 0.05) is 11.5 Å². The van der Waals surface area contributed by atoms with E-state index in [2.05, 4.69) is 19.1 Å². The van der Waals surface area contributed by atoms with E-state index in [1.807, 2.05) is 38.1 Å². The van der Waals surface area contributed by atoms with Gasteiger partial charge in [0.25, 0.3) is 0 Å². The number of esters is 3. The van der Waals surface area contributed by atoms with Gasteiger partial charge in [0.2, 0.25) is 0 Å². The molecule has 0 saturated carbocycles.